The number of nitrogens with zero attached hydrogens (tertiary/aromatic N) is 1. The van der Waals surface area contributed by atoms with E-state index in [0.717, 1.165) is 35.5 Å². The molecule has 0 fully saturated rings. The summed E-state index contributed by atoms with van der Waals surface area (Å²) < 4.78 is 0. The van der Waals surface area contributed by atoms with Gasteiger partial charge in [0.15, 0.2) is 5.78 Å². The number of benzene rings is 1. The van der Waals surface area contributed by atoms with Crippen molar-refractivity contribution >= 4 is 17.4 Å². The second kappa shape index (κ2) is 8.55. The maximum atomic E-state index is 12.5. The highest BCUT2D eigenvalue weighted by atomic mass is 35.5. The maximum Gasteiger partial charge on any atom is 0.152 e. The number of ketones is 1. The zero-order valence-electron chi connectivity index (χ0n) is 13.9. The fourth-order valence-electron chi connectivity index (χ4n) is 2.45. The minimum Gasteiger partial charge on any atom is -0.298 e. The standard InChI is InChI=1S/C18H28ClNO/c1-6-7-10-20(5)17(18(21)13(2)3)12-15-9-8-14(4)11-16(15)19/h8-9,11,13,17H,6-7,10,12H2,1-5H3. The van der Waals surface area contributed by atoms with Crippen molar-refractivity contribution in [1.82, 2.24) is 4.90 Å². The maximum absolute atomic E-state index is 12.5. The van der Waals surface area contributed by atoms with E-state index in [-0.39, 0.29) is 12.0 Å². The van der Waals surface area contributed by atoms with Crippen LogP contribution in [0.5, 0.6) is 0 Å². The van der Waals surface area contributed by atoms with E-state index in [1.807, 2.05) is 40.0 Å². The summed E-state index contributed by atoms with van der Waals surface area (Å²) in [5.41, 5.74) is 2.21. The van der Waals surface area contributed by atoms with Crippen LogP contribution >= 0.6 is 11.6 Å². The Kier molecular flexibility index (Phi) is 7.41. The minimum atomic E-state index is -0.0863. The van der Waals surface area contributed by atoms with Crippen LogP contribution in [0.1, 0.15) is 44.7 Å². The molecule has 0 aliphatic heterocycles. The first kappa shape index (κ1) is 18.2. The van der Waals surface area contributed by atoms with Gasteiger partial charge in [-0.15, -0.1) is 0 Å². The Morgan fingerprint density at radius 2 is 2.00 bits per heavy atom. The third-order valence-corrected chi connectivity index (χ3v) is 4.27. The molecule has 1 unspecified atom stereocenters. The van der Waals surface area contributed by atoms with E-state index in [9.17, 15) is 4.79 Å². The normalized spacial score (nSPS) is 13.0. The summed E-state index contributed by atoms with van der Waals surface area (Å²) in [5.74, 6) is 0.341. The van der Waals surface area contributed by atoms with E-state index in [4.69, 9.17) is 11.6 Å². The van der Waals surface area contributed by atoms with Crippen LogP contribution in [0.3, 0.4) is 0 Å². The molecule has 0 aliphatic carbocycles. The average molecular weight is 310 g/mol. The second-order valence-corrected chi connectivity index (χ2v) is 6.61. The first-order valence-electron chi connectivity index (χ1n) is 7.85. The third-order valence-electron chi connectivity index (χ3n) is 3.92. The number of rotatable bonds is 8. The number of carbonyl (C=O) groups excluding carboxylic acids is 1. The van der Waals surface area contributed by atoms with Crippen molar-refractivity contribution in [2.75, 3.05) is 13.6 Å². The molecule has 0 aliphatic rings. The predicted molar refractivity (Wildman–Crippen MR) is 91.1 cm³/mol. The van der Waals surface area contributed by atoms with Gasteiger partial charge in [-0.2, -0.15) is 0 Å². The van der Waals surface area contributed by atoms with Crippen LogP contribution in [0, 0.1) is 12.8 Å². The largest absolute Gasteiger partial charge is 0.298 e. The quantitative estimate of drug-likeness (QED) is 0.704. The van der Waals surface area contributed by atoms with Crippen LogP contribution in [-0.2, 0) is 11.2 Å². The second-order valence-electron chi connectivity index (χ2n) is 6.21. The van der Waals surface area contributed by atoms with Crippen LogP contribution in [0.25, 0.3) is 0 Å². The van der Waals surface area contributed by atoms with Crippen LogP contribution in [0.15, 0.2) is 18.2 Å². The zero-order valence-corrected chi connectivity index (χ0v) is 14.7. The van der Waals surface area contributed by atoms with Crippen molar-refractivity contribution in [2.45, 2.75) is 53.0 Å². The molecule has 0 N–H and O–H groups in total. The van der Waals surface area contributed by atoms with E-state index in [1.165, 1.54) is 0 Å². The number of Topliss-reactive ketones (excluding diaryl/α,β-unsaturated/α-hetero) is 1. The van der Waals surface area contributed by atoms with E-state index in [0.29, 0.717) is 12.2 Å². The summed E-state index contributed by atoms with van der Waals surface area (Å²) in [6, 6.07) is 5.99. The lowest BCUT2D eigenvalue weighted by atomic mass is 9.94. The number of likely N-dealkylation sites (N-methyl/N-ethyl adjacent to an activating group) is 1. The van der Waals surface area contributed by atoms with Crippen LogP contribution in [-0.4, -0.2) is 30.3 Å². The molecule has 0 saturated carbocycles. The number of hydrogen-bond acceptors (Lipinski definition) is 2. The number of unbranched alkanes of at least 4 members (excludes halogenated alkanes) is 1. The first-order valence-corrected chi connectivity index (χ1v) is 8.23. The molecular weight excluding hydrogens is 282 g/mol. The van der Waals surface area contributed by atoms with Gasteiger partial charge in [0.1, 0.15) is 0 Å². The Hall–Kier alpha value is -0.860. The van der Waals surface area contributed by atoms with Gasteiger partial charge in [-0.3, -0.25) is 9.69 Å². The van der Waals surface area contributed by atoms with Crippen LogP contribution in [0.2, 0.25) is 5.02 Å². The lowest BCUT2D eigenvalue weighted by molar-refractivity contribution is -0.126. The molecule has 21 heavy (non-hydrogen) atoms. The summed E-state index contributed by atoms with van der Waals surface area (Å²) in [6.07, 6.45) is 2.94. The third kappa shape index (κ3) is 5.44. The average Bonchev–Trinajstić information content (AvgIpc) is 2.43. The Morgan fingerprint density at radius 1 is 1.33 bits per heavy atom. The fourth-order valence-corrected chi connectivity index (χ4v) is 2.76. The van der Waals surface area contributed by atoms with E-state index >= 15 is 0 Å². The Morgan fingerprint density at radius 3 is 2.52 bits per heavy atom. The zero-order chi connectivity index (χ0) is 16.0. The van der Waals surface area contributed by atoms with Crippen molar-refractivity contribution < 1.29 is 4.79 Å². The first-order chi connectivity index (χ1) is 9.86. The van der Waals surface area contributed by atoms with Gasteiger partial charge in [-0.05, 0) is 50.6 Å². The highest BCUT2D eigenvalue weighted by Crippen LogP contribution is 2.22. The van der Waals surface area contributed by atoms with Crippen molar-refractivity contribution in [3.8, 4) is 0 Å². The predicted octanol–water partition coefficient (Wildman–Crippen LogP) is 4.52. The van der Waals surface area contributed by atoms with E-state index < -0.39 is 0 Å². The molecule has 2 nitrogen and oxygen atoms in total. The number of carbonyl (C=O) groups is 1. The van der Waals surface area contributed by atoms with Crippen LogP contribution in [0.4, 0.5) is 0 Å². The number of aryl methyl sites for hydroxylation is 1. The molecule has 3 heteroatoms. The summed E-state index contributed by atoms with van der Waals surface area (Å²) >= 11 is 6.34. The summed E-state index contributed by atoms with van der Waals surface area (Å²) in [4.78, 5) is 14.7. The van der Waals surface area contributed by atoms with Crippen molar-refractivity contribution in [1.29, 1.82) is 0 Å². The number of hydrogen-bond donors (Lipinski definition) is 0. The highest BCUT2D eigenvalue weighted by Gasteiger charge is 2.26. The molecule has 0 aromatic heterocycles. The van der Waals surface area contributed by atoms with Crippen molar-refractivity contribution in [3.63, 3.8) is 0 Å². The van der Waals surface area contributed by atoms with Crippen molar-refractivity contribution in [3.05, 3.63) is 34.3 Å². The molecule has 1 rings (SSSR count). The van der Waals surface area contributed by atoms with Gasteiger partial charge in [-0.1, -0.05) is 50.9 Å². The summed E-state index contributed by atoms with van der Waals surface area (Å²) in [5, 5.41) is 0.764. The van der Waals surface area contributed by atoms with Gasteiger partial charge in [0, 0.05) is 10.9 Å². The van der Waals surface area contributed by atoms with Crippen molar-refractivity contribution in [2.24, 2.45) is 5.92 Å². The van der Waals surface area contributed by atoms with Gasteiger partial charge >= 0.3 is 0 Å². The molecule has 0 saturated heterocycles. The number of halogens is 1. The monoisotopic (exact) mass is 309 g/mol. The molecule has 1 aromatic carbocycles. The molecule has 0 radical (unpaired) electrons. The minimum absolute atomic E-state index is 0.0447. The van der Waals surface area contributed by atoms with Gasteiger partial charge in [0.2, 0.25) is 0 Å². The molecule has 0 amide bonds. The Bertz CT molecular complexity index is 470. The molecule has 1 atom stereocenters. The van der Waals surface area contributed by atoms with Gasteiger partial charge in [0.05, 0.1) is 6.04 Å². The molecular formula is C18H28ClNO. The molecule has 0 heterocycles. The van der Waals surface area contributed by atoms with Gasteiger partial charge < -0.3 is 0 Å². The summed E-state index contributed by atoms with van der Waals surface area (Å²) in [7, 11) is 2.04. The van der Waals surface area contributed by atoms with Gasteiger partial charge in [0.25, 0.3) is 0 Å². The topological polar surface area (TPSA) is 20.3 Å². The van der Waals surface area contributed by atoms with E-state index in [1.54, 1.807) is 0 Å². The van der Waals surface area contributed by atoms with Gasteiger partial charge in [-0.25, -0.2) is 0 Å². The van der Waals surface area contributed by atoms with Crippen LogP contribution < -0.4 is 0 Å². The molecule has 1 aromatic rings. The Labute approximate surface area is 134 Å². The molecule has 0 bridgehead atoms. The smallest absolute Gasteiger partial charge is 0.152 e. The van der Waals surface area contributed by atoms with E-state index in [2.05, 4.69) is 17.9 Å². The highest BCUT2D eigenvalue weighted by molar-refractivity contribution is 6.31. The fraction of sp³-hybridized carbons (Fsp3) is 0.611. The molecule has 118 valence electrons. The lowest BCUT2D eigenvalue weighted by Crippen LogP contribution is -2.42. The SMILES string of the molecule is CCCCN(C)C(Cc1ccc(C)cc1Cl)C(=O)C(C)C. The summed E-state index contributed by atoms with van der Waals surface area (Å²) in [6.45, 7) is 9.09. The lowest BCUT2D eigenvalue weighted by Gasteiger charge is -2.28. The Balaban J connectivity index is 2.93. The molecule has 0 spiro atoms.